The van der Waals surface area contributed by atoms with Crippen LogP contribution in [0.2, 0.25) is 0 Å². The van der Waals surface area contributed by atoms with E-state index in [4.69, 9.17) is 10.8 Å². The number of amides is 2. The van der Waals surface area contributed by atoms with Crippen LogP contribution in [-0.2, 0) is 4.79 Å². The maximum Gasteiger partial charge on any atom is 0.312 e. The zero-order chi connectivity index (χ0) is 11.8. The predicted molar refractivity (Wildman–Crippen MR) is 57.4 cm³/mol. The van der Waals surface area contributed by atoms with Gasteiger partial charge >= 0.3 is 12.0 Å². The number of nitrogens with one attached hydrogen (secondary N) is 1. The van der Waals surface area contributed by atoms with Crippen LogP contribution in [0.5, 0.6) is 0 Å². The fourth-order valence-corrected chi connectivity index (χ4v) is 1.50. The topological polar surface area (TPSA) is 92.4 Å². The summed E-state index contributed by atoms with van der Waals surface area (Å²) >= 11 is 0. The van der Waals surface area contributed by atoms with Gasteiger partial charge in [0.05, 0.1) is 0 Å². The van der Waals surface area contributed by atoms with E-state index in [2.05, 4.69) is 19.2 Å². The molecule has 1 unspecified atom stereocenters. The molecule has 0 spiro atoms. The Morgan fingerprint density at radius 3 is 2.33 bits per heavy atom. The van der Waals surface area contributed by atoms with Crippen molar-refractivity contribution in [2.75, 3.05) is 6.54 Å². The number of hydrogen-bond acceptors (Lipinski definition) is 2. The quantitative estimate of drug-likeness (QED) is 0.596. The van der Waals surface area contributed by atoms with Gasteiger partial charge in [-0.05, 0) is 24.7 Å². The molecular formula is C10H20N2O3. The average molecular weight is 216 g/mol. The molecule has 5 nitrogen and oxygen atoms in total. The first kappa shape index (κ1) is 13.7. The van der Waals surface area contributed by atoms with E-state index in [1.807, 2.05) is 0 Å². The Labute approximate surface area is 90.0 Å². The van der Waals surface area contributed by atoms with Crippen LogP contribution in [0.4, 0.5) is 4.79 Å². The zero-order valence-corrected chi connectivity index (χ0v) is 9.32. The van der Waals surface area contributed by atoms with Gasteiger partial charge < -0.3 is 16.2 Å². The first-order valence-corrected chi connectivity index (χ1v) is 5.18. The zero-order valence-electron chi connectivity index (χ0n) is 9.32. The number of carboxylic acid groups (broad SMARTS) is 1. The molecule has 0 fully saturated rings. The molecule has 0 aromatic heterocycles. The van der Waals surface area contributed by atoms with Gasteiger partial charge in [-0.25, -0.2) is 4.79 Å². The molecule has 0 aliphatic heterocycles. The van der Waals surface area contributed by atoms with Crippen LogP contribution in [0.3, 0.4) is 0 Å². The summed E-state index contributed by atoms with van der Waals surface area (Å²) in [4.78, 5) is 20.9. The highest BCUT2D eigenvalue weighted by atomic mass is 16.4. The van der Waals surface area contributed by atoms with E-state index in [9.17, 15) is 9.59 Å². The van der Waals surface area contributed by atoms with Gasteiger partial charge in [-0.1, -0.05) is 13.8 Å². The molecule has 15 heavy (non-hydrogen) atoms. The molecule has 0 aromatic rings. The van der Waals surface area contributed by atoms with Crippen LogP contribution in [-0.4, -0.2) is 23.7 Å². The molecule has 5 heteroatoms. The molecule has 0 aliphatic rings. The molecule has 0 bridgehead atoms. The number of carbonyl (C=O) groups is 2. The third-order valence-electron chi connectivity index (χ3n) is 2.49. The summed E-state index contributed by atoms with van der Waals surface area (Å²) in [6.07, 6.45) is 1.60. The lowest BCUT2D eigenvalue weighted by Gasteiger charge is -2.19. The van der Waals surface area contributed by atoms with E-state index in [-0.39, 0.29) is 6.42 Å². The van der Waals surface area contributed by atoms with Crippen LogP contribution in [0.15, 0.2) is 0 Å². The summed E-state index contributed by atoms with van der Waals surface area (Å²) < 4.78 is 0. The second-order valence-corrected chi connectivity index (χ2v) is 4.02. The molecular weight excluding hydrogens is 196 g/mol. The van der Waals surface area contributed by atoms with Gasteiger partial charge in [0.25, 0.3) is 0 Å². The van der Waals surface area contributed by atoms with Crippen LogP contribution >= 0.6 is 0 Å². The standard InChI is InChI=1S/C10H20N2O3/c1-7(2)8(3-4-9(13)14)5-6-12-10(11)15/h7-8H,3-6H2,1-2H3,(H,13,14)(H3,11,12,15). The Morgan fingerprint density at radius 1 is 1.33 bits per heavy atom. The molecule has 4 N–H and O–H groups in total. The van der Waals surface area contributed by atoms with Crippen LogP contribution in [0.1, 0.15) is 33.1 Å². The maximum atomic E-state index is 10.4. The normalized spacial score (nSPS) is 12.5. The van der Waals surface area contributed by atoms with E-state index in [0.717, 1.165) is 6.42 Å². The largest absolute Gasteiger partial charge is 0.481 e. The Bertz CT molecular complexity index is 217. The fourth-order valence-electron chi connectivity index (χ4n) is 1.50. The number of rotatable bonds is 7. The fraction of sp³-hybridized carbons (Fsp3) is 0.800. The minimum atomic E-state index is -0.775. The van der Waals surface area contributed by atoms with E-state index >= 15 is 0 Å². The number of carboxylic acids is 1. The van der Waals surface area contributed by atoms with Crippen molar-refractivity contribution >= 4 is 12.0 Å². The van der Waals surface area contributed by atoms with Crippen molar-refractivity contribution in [2.45, 2.75) is 33.1 Å². The average Bonchev–Trinajstić information content (AvgIpc) is 2.09. The molecule has 0 rings (SSSR count). The molecule has 0 heterocycles. The Balaban J connectivity index is 3.83. The highest BCUT2D eigenvalue weighted by Crippen LogP contribution is 2.20. The van der Waals surface area contributed by atoms with Crippen molar-refractivity contribution in [2.24, 2.45) is 17.6 Å². The summed E-state index contributed by atoms with van der Waals surface area (Å²) in [5.41, 5.74) is 4.93. The third kappa shape index (κ3) is 7.78. The maximum absolute atomic E-state index is 10.4. The summed E-state index contributed by atoms with van der Waals surface area (Å²) in [5.74, 6) is -0.0458. The number of hydrogen-bond donors (Lipinski definition) is 3. The van der Waals surface area contributed by atoms with E-state index in [1.165, 1.54) is 0 Å². The van der Waals surface area contributed by atoms with Gasteiger partial charge in [0.1, 0.15) is 0 Å². The van der Waals surface area contributed by atoms with E-state index in [1.54, 1.807) is 0 Å². The lowest BCUT2D eigenvalue weighted by Crippen LogP contribution is -2.31. The highest BCUT2D eigenvalue weighted by molar-refractivity contribution is 5.71. The minimum absolute atomic E-state index is 0.180. The lowest BCUT2D eigenvalue weighted by atomic mass is 9.88. The minimum Gasteiger partial charge on any atom is -0.481 e. The second kappa shape index (κ2) is 7.09. The van der Waals surface area contributed by atoms with Crippen molar-refractivity contribution in [1.82, 2.24) is 5.32 Å². The monoisotopic (exact) mass is 216 g/mol. The van der Waals surface area contributed by atoms with Gasteiger partial charge in [-0.3, -0.25) is 4.79 Å². The molecule has 0 radical (unpaired) electrons. The Morgan fingerprint density at radius 2 is 1.93 bits per heavy atom. The molecule has 0 saturated carbocycles. The van der Waals surface area contributed by atoms with Crippen molar-refractivity contribution in [1.29, 1.82) is 0 Å². The first-order valence-electron chi connectivity index (χ1n) is 5.18. The molecule has 0 saturated heterocycles. The summed E-state index contributed by atoms with van der Waals surface area (Å²) in [7, 11) is 0. The van der Waals surface area contributed by atoms with Gasteiger partial charge in [0, 0.05) is 13.0 Å². The van der Waals surface area contributed by atoms with Crippen molar-refractivity contribution in [3.63, 3.8) is 0 Å². The third-order valence-corrected chi connectivity index (χ3v) is 2.49. The van der Waals surface area contributed by atoms with Crippen molar-refractivity contribution in [3.05, 3.63) is 0 Å². The molecule has 1 atom stereocenters. The predicted octanol–water partition coefficient (Wildman–Crippen LogP) is 1.18. The number of primary amides is 1. The molecule has 0 aromatic carbocycles. The molecule has 0 aliphatic carbocycles. The summed E-state index contributed by atoms with van der Waals surface area (Å²) in [6.45, 7) is 4.62. The molecule has 2 amide bonds. The Hall–Kier alpha value is -1.26. The van der Waals surface area contributed by atoms with Gasteiger partial charge in [0.2, 0.25) is 0 Å². The number of aliphatic carboxylic acids is 1. The summed E-state index contributed by atoms with van der Waals surface area (Å²) in [5, 5.41) is 11.1. The van der Waals surface area contributed by atoms with Crippen molar-refractivity contribution in [3.8, 4) is 0 Å². The van der Waals surface area contributed by atoms with Gasteiger partial charge in [0.15, 0.2) is 0 Å². The van der Waals surface area contributed by atoms with Gasteiger partial charge in [-0.2, -0.15) is 0 Å². The number of urea groups is 1. The number of nitrogens with two attached hydrogens (primary N) is 1. The SMILES string of the molecule is CC(C)C(CCNC(N)=O)CCC(=O)O. The lowest BCUT2D eigenvalue weighted by molar-refractivity contribution is -0.137. The van der Waals surface area contributed by atoms with Gasteiger partial charge in [-0.15, -0.1) is 0 Å². The Kier molecular flexibility index (Phi) is 6.49. The smallest absolute Gasteiger partial charge is 0.312 e. The summed E-state index contributed by atoms with van der Waals surface area (Å²) in [6, 6.07) is -0.532. The second-order valence-electron chi connectivity index (χ2n) is 4.02. The van der Waals surface area contributed by atoms with Crippen LogP contribution in [0.25, 0.3) is 0 Å². The number of carbonyl (C=O) groups excluding carboxylic acids is 1. The van der Waals surface area contributed by atoms with E-state index in [0.29, 0.717) is 24.8 Å². The van der Waals surface area contributed by atoms with Crippen molar-refractivity contribution < 1.29 is 14.7 Å². The van der Waals surface area contributed by atoms with E-state index < -0.39 is 12.0 Å². The highest BCUT2D eigenvalue weighted by Gasteiger charge is 2.14. The molecule has 88 valence electrons. The van der Waals surface area contributed by atoms with Crippen LogP contribution < -0.4 is 11.1 Å². The van der Waals surface area contributed by atoms with Crippen LogP contribution in [0, 0.1) is 11.8 Å². The first-order chi connectivity index (χ1) is 6.93.